The van der Waals surface area contributed by atoms with Crippen LogP contribution in [0.25, 0.3) is 6.08 Å². The molecule has 1 aromatic heterocycles. The van der Waals surface area contributed by atoms with Crippen molar-refractivity contribution >= 4 is 17.9 Å². The first-order chi connectivity index (χ1) is 14.4. The molecule has 2 aromatic carbocycles. The first-order valence-electron chi connectivity index (χ1n) is 9.15. The van der Waals surface area contributed by atoms with Crippen molar-refractivity contribution in [1.82, 2.24) is 14.9 Å². The first kappa shape index (κ1) is 20.8. The SMILES string of the molecule is Cn1ccnc1C(NC(=O)/C=C/c1ccc(OCC(N)=O)cc1)c1ccc(F)cc1. The highest BCUT2D eigenvalue weighted by atomic mass is 19.1. The molecule has 3 aromatic rings. The third kappa shape index (κ3) is 5.54. The zero-order chi connectivity index (χ0) is 21.5. The van der Waals surface area contributed by atoms with Gasteiger partial charge in [0.15, 0.2) is 6.61 Å². The number of primary amides is 1. The number of carbonyl (C=O) groups is 2. The second-order valence-electron chi connectivity index (χ2n) is 6.55. The number of nitrogens with one attached hydrogen (secondary N) is 1. The molecule has 0 saturated heterocycles. The van der Waals surface area contributed by atoms with Gasteiger partial charge >= 0.3 is 0 Å². The highest BCUT2D eigenvalue weighted by Crippen LogP contribution is 2.21. The number of nitrogens with zero attached hydrogens (tertiary/aromatic N) is 2. The van der Waals surface area contributed by atoms with E-state index in [1.54, 1.807) is 59.4 Å². The number of halogens is 1. The van der Waals surface area contributed by atoms with E-state index >= 15 is 0 Å². The maximum absolute atomic E-state index is 13.3. The Morgan fingerprint density at radius 2 is 1.90 bits per heavy atom. The minimum atomic E-state index is -0.556. The first-order valence-corrected chi connectivity index (χ1v) is 9.15. The fraction of sp³-hybridized carbons (Fsp3) is 0.136. The van der Waals surface area contributed by atoms with Crippen LogP contribution in [0.5, 0.6) is 5.75 Å². The van der Waals surface area contributed by atoms with E-state index in [0.717, 1.165) is 5.56 Å². The van der Waals surface area contributed by atoms with Gasteiger partial charge in [0.2, 0.25) is 5.91 Å². The Kier molecular flexibility index (Phi) is 6.59. The topological polar surface area (TPSA) is 99.2 Å². The van der Waals surface area contributed by atoms with Gasteiger partial charge in [0.25, 0.3) is 5.91 Å². The third-order valence-electron chi connectivity index (χ3n) is 4.29. The van der Waals surface area contributed by atoms with Crippen LogP contribution < -0.4 is 15.8 Å². The molecule has 0 aliphatic heterocycles. The van der Waals surface area contributed by atoms with Crippen LogP contribution in [-0.2, 0) is 16.6 Å². The van der Waals surface area contributed by atoms with E-state index in [9.17, 15) is 14.0 Å². The molecule has 8 heteroatoms. The molecule has 0 fully saturated rings. The normalized spacial score (nSPS) is 11.9. The number of aromatic nitrogens is 2. The van der Waals surface area contributed by atoms with E-state index in [-0.39, 0.29) is 18.3 Å². The van der Waals surface area contributed by atoms with Crippen molar-refractivity contribution < 1.29 is 18.7 Å². The van der Waals surface area contributed by atoms with E-state index in [2.05, 4.69) is 10.3 Å². The van der Waals surface area contributed by atoms with Crippen LogP contribution >= 0.6 is 0 Å². The van der Waals surface area contributed by atoms with E-state index < -0.39 is 11.9 Å². The van der Waals surface area contributed by atoms with Gasteiger partial charge in [-0.05, 0) is 41.5 Å². The lowest BCUT2D eigenvalue weighted by molar-refractivity contribution is -0.120. The van der Waals surface area contributed by atoms with Gasteiger partial charge in [-0.15, -0.1) is 0 Å². The molecule has 1 unspecified atom stereocenters. The van der Waals surface area contributed by atoms with Crippen molar-refractivity contribution in [2.45, 2.75) is 6.04 Å². The van der Waals surface area contributed by atoms with E-state index in [4.69, 9.17) is 10.5 Å². The van der Waals surface area contributed by atoms with E-state index in [1.165, 1.54) is 18.2 Å². The minimum Gasteiger partial charge on any atom is -0.484 e. The van der Waals surface area contributed by atoms with Crippen molar-refractivity contribution in [3.05, 3.63) is 89.8 Å². The van der Waals surface area contributed by atoms with Crippen molar-refractivity contribution in [3.63, 3.8) is 0 Å². The molecule has 0 aliphatic rings. The molecule has 0 aliphatic carbocycles. The molecule has 0 bridgehead atoms. The number of ether oxygens (including phenoxy) is 1. The Bertz CT molecular complexity index is 1040. The summed E-state index contributed by atoms with van der Waals surface area (Å²) in [7, 11) is 1.82. The molecular formula is C22H21FN4O3. The van der Waals surface area contributed by atoms with E-state index in [0.29, 0.717) is 17.1 Å². The molecule has 154 valence electrons. The second kappa shape index (κ2) is 9.51. The third-order valence-corrected chi connectivity index (χ3v) is 4.29. The molecule has 7 nitrogen and oxygen atoms in total. The number of carbonyl (C=O) groups excluding carboxylic acids is 2. The summed E-state index contributed by atoms with van der Waals surface area (Å²) >= 11 is 0. The Morgan fingerprint density at radius 1 is 1.20 bits per heavy atom. The summed E-state index contributed by atoms with van der Waals surface area (Å²) in [5.74, 6) is -0.117. The predicted octanol–water partition coefficient (Wildman–Crippen LogP) is 2.34. The number of nitrogens with two attached hydrogens (primary N) is 1. The molecule has 1 heterocycles. The van der Waals surface area contributed by atoms with Gasteiger partial charge in [-0.25, -0.2) is 9.37 Å². The molecule has 0 radical (unpaired) electrons. The average Bonchev–Trinajstić information content (AvgIpc) is 3.16. The Balaban J connectivity index is 1.70. The van der Waals surface area contributed by atoms with Crippen molar-refractivity contribution in [3.8, 4) is 5.75 Å². The maximum atomic E-state index is 13.3. The lowest BCUT2D eigenvalue weighted by Gasteiger charge is -2.18. The number of benzene rings is 2. The summed E-state index contributed by atoms with van der Waals surface area (Å²) in [5, 5.41) is 2.90. The quantitative estimate of drug-likeness (QED) is 0.559. The van der Waals surface area contributed by atoms with Crippen molar-refractivity contribution in [1.29, 1.82) is 0 Å². The smallest absolute Gasteiger partial charge is 0.255 e. The van der Waals surface area contributed by atoms with Crippen molar-refractivity contribution in [2.24, 2.45) is 12.8 Å². The molecule has 3 N–H and O–H groups in total. The second-order valence-corrected chi connectivity index (χ2v) is 6.55. The number of hydrogen-bond donors (Lipinski definition) is 2. The van der Waals surface area contributed by atoms with Gasteiger partial charge in [0, 0.05) is 25.5 Å². The van der Waals surface area contributed by atoms with Crippen LogP contribution in [0, 0.1) is 5.82 Å². The maximum Gasteiger partial charge on any atom is 0.255 e. The Morgan fingerprint density at radius 3 is 2.50 bits per heavy atom. The molecule has 1 atom stereocenters. The highest BCUT2D eigenvalue weighted by Gasteiger charge is 2.19. The van der Waals surface area contributed by atoms with Crippen LogP contribution in [0.1, 0.15) is 23.0 Å². The lowest BCUT2D eigenvalue weighted by Crippen LogP contribution is -2.29. The fourth-order valence-electron chi connectivity index (χ4n) is 2.80. The average molecular weight is 408 g/mol. The number of imidazole rings is 1. The lowest BCUT2D eigenvalue weighted by atomic mass is 10.1. The van der Waals surface area contributed by atoms with Gasteiger partial charge in [-0.3, -0.25) is 9.59 Å². The van der Waals surface area contributed by atoms with Crippen LogP contribution in [-0.4, -0.2) is 28.0 Å². The summed E-state index contributed by atoms with van der Waals surface area (Å²) < 4.78 is 20.3. The zero-order valence-electron chi connectivity index (χ0n) is 16.3. The van der Waals surface area contributed by atoms with Gasteiger partial charge in [0.05, 0.1) is 0 Å². The van der Waals surface area contributed by atoms with Gasteiger partial charge in [-0.1, -0.05) is 24.3 Å². The highest BCUT2D eigenvalue weighted by molar-refractivity contribution is 5.92. The fourth-order valence-corrected chi connectivity index (χ4v) is 2.80. The van der Waals surface area contributed by atoms with Gasteiger partial charge in [0.1, 0.15) is 23.4 Å². The van der Waals surface area contributed by atoms with Crippen LogP contribution in [0.3, 0.4) is 0 Å². The number of hydrogen-bond acceptors (Lipinski definition) is 4. The number of rotatable bonds is 8. The monoisotopic (exact) mass is 408 g/mol. The summed E-state index contributed by atoms with van der Waals surface area (Å²) in [6.07, 6.45) is 6.46. The molecule has 0 spiro atoms. The molecule has 2 amide bonds. The van der Waals surface area contributed by atoms with Gasteiger partial charge < -0.3 is 20.4 Å². The minimum absolute atomic E-state index is 0.199. The number of aryl methyl sites for hydroxylation is 1. The van der Waals surface area contributed by atoms with Crippen molar-refractivity contribution in [2.75, 3.05) is 6.61 Å². The molecular weight excluding hydrogens is 387 g/mol. The molecule has 0 saturated carbocycles. The Hall–Kier alpha value is -3.94. The Labute approximate surface area is 173 Å². The van der Waals surface area contributed by atoms with Crippen LogP contribution in [0.2, 0.25) is 0 Å². The zero-order valence-corrected chi connectivity index (χ0v) is 16.3. The van der Waals surface area contributed by atoms with Gasteiger partial charge in [-0.2, -0.15) is 0 Å². The van der Waals surface area contributed by atoms with Crippen LogP contribution in [0.4, 0.5) is 4.39 Å². The number of amides is 2. The largest absolute Gasteiger partial charge is 0.484 e. The standard InChI is InChI=1S/C22H21FN4O3/c1-27-13-12-25-22(27)21(16-5-7-17(23)8-6-16)26-20(29)11-4-15-2-9-18(10-3-15)30-14-19(24)28/h2-13,21H,14H2,1H3,(H2,24,28)(H,26,29)/b11-4+. The summed E-state index contributed by atoms with van der Waals surface area (Å²) in [4.78, 5) is 27.6. The van der Waals surface area contributed by atoms with E-state index in [1.807, 2.05) is 7.05 Å². The molecule has 30 heavy (non-hydrogen) atoms. The molecule has 3 rings (SSSR count). The van der Waals surface area contributed by atoms with Crippen LogP contribution in [0.15, 0.2) is 67.0 Å². The predicted molar refractivity (Wildman–Crippen MR) is 110 cm³/mol. The summed E-state index contributed by atoms with van der Waals surface area (Å²) in [6, 6.07) is 12.2. The summed E-state index contributed by atoms with van der Waals surface area (Å²) in [5.41, 5.74) is 6.52. The summed E-state index contributed by atoms with van der Waals surface area (Å²) in [6.45, 7) is -0.199.